The maximum absolute atomic E-state index is 11.5. The Morgan fingerprint density at radius 3 is 3.10 bits per heavy atom. The van der Waals surface area contributed by atoms with Crippen LogP contribution in [0.5, 0.6) is 0 Å². The molecule has 1 N–H and O–H groups in total. The van der Waals surface area contributed by atoms with E-state index in [1.807, 2.05) is 0 Å². The second-order valence-corrected chi connectivity index (χ2v) is 7.00. The van der Waals surface area contributed by atoms with Gasteiger partial charge in [0.15, 0.2) is 0 Å². The second-order valence-electron chi connectivity index (χ2n) is 6.10. The molecule has 2 aromatic heterocycles. The minimum Gasteiger partial charge on any atom is -0.356 e. The smallest absolute Gasteiger partial charge is 0.220 e. The van der Waals surface area contributed by atoms with Crippen molar-refractivity contribution in [2.75, 3.05) is 18.5 Å². The first-order valence-corrected chi connectivity index (χ1v) is 8.28. The zero-order valence-electron chi connectivity index (χ0n) is 12.0. The van der Waals surface area contributed by atoms with E-state index in [4.69, 9.17) is 0 Å². The maximum Gasteiger partial charge on any atom is 0.220 e. The highest BCUT2D eigenvalue weighted by atomic mass is 32.1. The Morgan fingerprint density at radius 2 is 2.19 bits per heavy atom. The van der Waals surface area contributed by atoms with E-state index in [0.717, 1.165) is 35.4 Å². The third kappa shape index (κ3) is 2.18. The van der Waals surface area contributed by atoms with Gasteiger partial charge in [0.05, 0.1) is 5.39 Å². The minimum absolute atomic E-state index is 0.210. The molecule has 1 saturated heterocycles. The molecule has 2 aromatic rings. The van der Waals surface area contributed by atoms with Crippen molar-refractivity contribution in [2.24, 2.45) is 11.8 Å². The average Bonchev–Trinajstić information content (AvgIpc) is 3.11. The highest BCUT2D eigenvalue weighted by Crippen LogP contribution is 2.40. The number of anilines is 1. The molecule has 1 aliphatic carbocycles. The third-order valence-electron chi connectivity index (χ3n) is 4.95. The summed E-state index contributed by atoms with van der Waals surface area (Å²) in [5, 5.41) is 6.19. The summed E-state index contributed by atoms with van der Waals surface area (Å²) in [7, 11) is 2.12. The van der Waals surface area contributed by atoms with Crippen LogP contribution in [0.2, 0.25) is 0 Å². The van der Waals surface area contributed by atoms with E-state index in [2.05, 4.69) is 38.7 Å². The number of nitrogens with one attached hydrogen (secondary N) is 1. The molecule has 5 nitrogen and oxygen atoms in total. The van der Waals surface area contributed by atoms with Crippen LogP contribution in [0, 0.1) is 11.8 Å². The molecule has 6 heteroatoms. The minimum atomic E-state index is 0.210. The number of amides is 1. The van der Waals surface area contributed by atoms with Gasteiger partial charge in [0, 0.05) is 26.1 Å². The Bertz CT molecular complexity index is 685. The van der Waals surface area contributed by atoms with Crippen LogP contribution in [0.15, 0.2) is 17.8 Å². The Labute approximate surface area is 127 Å². The Hall–Kier alpha value is -1.69. The molecule has 2 fully saturated rings. The van der Waals surface area contributed by atoms with Gasteiger partial charge in [-0.15, -0.1) is 11.3 Å². The molecular weight excluding hydrogens is 284 g/mol. The van der Waals surface area contributed by atoms with E-state index in [0.29, 0.717) is 24.3 Å². The van der Waals surface area contributed by atoms with Crippen molar-refractivity contribution < 1.29 is 4.79 Å². The van der Waals surface area contributed by atoms with Crippen LogP contribution >= 0.6 is 11.3 Å². The van der Waals surface area contributed by atoms with Crippen LogP contribution in [0.4, 0.5) is 5.82 Å². The molecular formula is C15H18N4OS. The lowest BCUT2D eigenvalue weighted by molar-refractivity contribution is -0.124. The van der Waals surface area contributed by atoms with E-state index in [1.165, 1.54) is 0 Å². The maximum atomic E-state index is 11.5. The van der Waals surface area contributed by atoms with E-state index < -0.39 is 0 Å². The van der Waals surface area contributed by atoms with Crippen molar-refractivity contribution in [1.82, 2.24) is 15.3 Å². The van der Waals surface area contributed by atoms with Crippen molar-refractivity contribution >= 4 is 33.3 Å². The number of aromatic nitrogens is 2. The second kappa shape index (κ2) is 4.94. The first kappa shape index (κ1) is 13.0. The summed E-state index contributed by atoms with van der Waals surface area (Å²) < 4.78 is 0. The molecule has 4 rings (SSSR count). The number of carbonyl (C=O) groups excluding carboxylic acids is 1. The molecule has 3 heterocycles. The lowest BCUT2D eigenvalue weighted by atomic mass is 9.89. The largest absolute Gasteiger partial charge is 0.356 e. The fraction of sp³-hybridized carbons (Fsp3) is 0.533. The van der Waals surface area contributed by atoms with Gasteiger partial charge in [0.1, 0.15) is 17.0 Å². The number of hydrogen-bond donors (Lipinski definition) is 1. The van der Waals surface area contributed by atoms with Crippen molar-refractivity contribution in [3.05, 3.63) is 17.8 Å². The Morgan fingerprint density at radius 1 is 1.33 bits per heavy atom. The van der Waals surface area contributed by atoms with Gasteiger partial charge in [-0.2, -0.15) is 0 Å². The SMILES string of the molecule is CN(c1ncnc2sccc12)[C@H]1C[C@H]2CC(=O)NC[C@H]2C1. The quantitative estimate of drug-likeness (QED) is 0.922. The molecule has 21 heavy (non-hydrogen) atoms. The fourth-order valence-corrected chi connectivity index (χ4v) is 4.51. The van der Waals surface area contributed by atoms with Gasteiger partial charge in [-0.25, -0.2) is 9.97 Å². The Kier molecular flexibility index (Phi) is 3.06. The van der Waals surface area contributed by atoms with Crippen molar-refractivity contribution in [2.45, 2.75) is 25.3 Å². The number of carbonyl (C=O) groups is 1. The van der Waals surface area contributed by atoms with Crippen LogP contribution in [-0.2, 0) is 4.79 Å². The topological polar surface area (TPSA) is 58.1 Å². The van der Waals surface area contributed by atoms with Crippen molar-refractivity contribution in [3.63, 3.8) is 0 Å². The van der Waals surface area contributed by atoms with E-state index >= 15 is 0 Å². The van der Waals surface area contributed by atoms with Crippen LogP contribution in [0.3, 0.4) is 0 Å². The summed E-state index contributed by atoms with van der Waals surface area (Å²) >= 11 is 1.65. The number of nitrogens with zero attached hydrogens (tertiary/aromatic N) is 3. The Balaban J connectivity index is 1.59. The zero-order chi connectivity index (χ0) is 14.4. The lowest BCUT2D eigenvalue weighted by Gasteiger charge is -2.26. The summed E-state index contributed by atoms with van der Waals surface area (Å²) in [4.78, 5) is 23.7. The van der Waals surface area contributed by atoms with Crippen LogP contribution in [-0.4, -0.2) is 35.5 Å². The molecule has 0 aromatic carbocycles. The highest BCUT2D eigenvalue weighted by molar-refractivity contribution is 7.16. The summed E-state index contributed by atoms with van der Waals surface area (Å²) in [6.45, 7) is 0.839. The molecule has 3 atom stereocenters. The molecule has 0 radical (unpaired) electrons. The molecule has 0 unspecified atom stereocenters. The summed E-state index contributed by atoms with van der Waals surface area (Å²) in [6, 6.07) is 2.56. The van der Waals surface area contributed by atoms with E-state index in [9.17, 15) is 4.79 Å². The van der Waals surface area contributed by atoms with Crippen LogP contribution in [0.25, 0.3) is 10.2 Å². The molecule has 0 spiro atoms. The summed E-state index contributed by atoms with van der Waals surface area (Å²) in [5.74, 6) is 2.38. The monoisotopic (exact) mass is 302 g/mol. The van der Waals surface area contributed by atoms with Gasteiger partial charge in [-0.1, -0.05) is 0 Å². The normalized spacial score (nSPS) is 28.4. The van der Waals surface area contributed by atoms with E-state index in [-0.39, 0.29) is 5.91 Å². The molecule has 2 aliphatic rings. The third-order valence-corrected chi connectivity index (χ3v) is 5.77. The number of fused-ring (bicyclic) bond motifs is 2. The van der Waals surface area contributed by atoms with Crippen LogP contribution < -0.4 is 10.2 Å². The predicted molar refractivity (Wildman–Crippen MR) is 83.4 cm³/mol. The average molecular weight is 302 g/mol. The van der Waals surface area contributed by atoms with Gasteiger partial charge in [-0.3, -0.25) is 4.79 Å². The first-order valence-electron chi connectivity index (χ1n) is 7.40. The van der Waals surface area contributed by atoms with Gasteiger partial charge >= 0.3 is 0 Å². The first-order chi connectivity index (χ1) is 10.2. The highest BCUT2D eigenvalue weighted by Gasteiger charge is 2.40. The predicted octanol–water partition coefficient (Wildman–Crippen LogP) is 2.04. The molecule has 0 bridgehead atoms. The van der Waals surface area contributed by atoms with E-state index in [1.54, 1.807) is 17.7 Å². The molecule has 1 saturated carbocycles. The van der Waals surface area contributed by atoms with Gasteiger partial charge < -0.3 is 10.2 Å². The van der Waals surface area contributed by atoms with Gasteiger partial charge in [0.25, 0.3) is 0 Å². The molecule has 1 amide bonds. The van der Waals surface area contributed by atoms with Crippen molar-refractivity contribution in [3.8, 4) is 0 Å². The number of rotatable bonds is 2. The fourth-order valence-electron chi connectivity index (χ4n) is 3.78. The van der Waals surface area contributed by atoms with Crippen molar-refractivity contribution in [1.29, 1.82) is 0 Å². The van der Waals surface area contributed by atoms with Gasteiger partial charge in [-0.05, 0) is 36.1 Å². The molecule has 110 valence electrons. The summed E-state index contributed by atoms with van der Waals surface area (Å²) in [5.41, 5.74) is 0. The number of thiophene rings is 1. The summed E-state index contributed by atoms with van der Waals surface area (Å²) in [6.07, 6.45) is 4.56. The molecule has 1 aliphatic heterocycles. The lowest BCUT2D eigenvalue weighted by Crippen LogP contribution is -2.38. The standard InChI is InChI=1S/C15H18N4OS/c1-19(14-12-2-3-21-15(12)18-8-17-14)11-4-9-6-13(20)16-7-10(9)5-11/h2-3,8-11H,4-7H2,1H3,(H,16,20)/t9-,10+,11-/m0/s1. The van der Waals surface area contributed by atoms with Gasteiger partial charge in [0.2, 0.25) is 5.91 Å². The zero-order valence-corrected chi connectivity index (χ0v) is 12.8. The number of piperidine rings is 1. The number of hydrogen-bond acceptors (Lipinski definition) is 5. The van der Waals surface area contributed by atoms with Crippen LogP contribution in [0.1, 0.15) is 19.3 Å².